The molecule has 3 aliphatic rings. The first kappa shape index (κ1) is 29.7. The highest BCUT2D eigenvalue weighted by atomic mass is 16.7. The molecule has 5 atom stereocenters. The second-order valence-electron chi connectivity index (χ2n) is 13.4. The van der Waals surface area contributed by atoms with Crippen LogP contribution in [0.25, 0.3) is 0 Å². The van der Waals surface area contributed by atoms with Crippen molar-refractivity contribution in [2.75, 3.05) is 18.4 Å². The van der Waals surface area contributed by atoms with Crippen LogP contribution in [0.4, 0.5) is 5.69 Å². The summed E-state index contributed by atoms with van der Waals surface area (Å²) in [7, 11) is 0. The van der Waals surface area contributed by atoms with Crippen molar-refractivity contribution in [2.24, 2.45) is 10.8 Å². The Morgan fingerprint density at radius 1 is 0.976 bits per heavy atom. The maximum atomic E-state index is 12.2. The van der Waals surface area contributed by atoms with Crippen LogP contribution in [0.15, 0.2) is 48.5 Å². The molecule has 2 aromatic rings. The van der Waals surface area contributed by atoms with Gasteiger partial charge >= 0.3 is 5.97 Å². The molecule has 2 saturated heterocycles. The van der Waals surface area contributed by atoms with Gasteiger partial charge in [-0.3, -0.25) is 14.5 Å². The van der Waals surface area contributed by atoms with Gasteiger partial charge in [0.05, 0.1) is 18.8 Å². The molecular formula is C33H44N2O6. The molecule has 1 aliphatic carbocycles. The Balaban J connectivity index is 1.29. The molecule has 1 saturated carbocycles. The third-order valence-electron chi connectivity index (χ3n) is 8.84. The summed E-state index contributed by atoms with van der Waals surface area (Å²) >= 11 is 0. The monoisotopic (exact) mass is 564 g/mol. The van der Waals surface area contributed by atoms with E-state index in [-0.39, 0.29) is 37.6 Å². The molecule has 8 heteroatoms. The number of benzene rings is 2. The number of carbonyl (C=O) groups excluding carboxylic acids is 1. The number of carboxylic acid groups (broad SMARTS) is 1. The molecule has 0 aromatic heterocycles. The smallest absolute Gasteiger partial charge is 0.303 e. The Kier molecular flexibility index (Phi) is 8.85. The van der Waals surface area contributed by atoms with Crippen molar-refractivity contribution in [1.82, 2.24) is 4.90 Å². The number of anilines is 1. The number of carboxylic acids is 1. The molecule has 2 aromatic carbocycles. The summed E-state index contributed by atoms with van der Waals surface area (Å²) < 4.78 is 13.1. The van der Waals surface area contributed by atoms with E-state index in [0.717, 1.165) is 36.2 Å². The van der Waals surface area contributed by atoms with Crippen LogP contribution in [0, 0.1) is 10.8 Å². The highest BCUT2D eigenvalue weighted by molar-refractivity contribution is 5.90. The predicted octanol–water partition coefficient (Wildman–Crippen LogP) is 5.82. The van der Waals surface area contributed by atoms with E-state index in [0.29, 0.717) is 29.0 Å². The van der Waals surface area contributed by atoms with Gasteiger partial charge in [-0.05, 0) is 59.8 Å². The van der Waals surface area contributed by atoms with Gasteiger partial charge in [-0.1, -0.05) is 57.2 Å². The van der Waals surface area contributed by atoms with Crippen molar-refractivity contribution in [3.8, 4) is 0 Å². The molecule has 3 N–H and O–H groups in total. The Bertz CT molecular complexity index is 1210. The molecular weight excluding hydrogens is 520 g/mol. The number of fused-ring (bicyclic) bond motifs is 2. The number of ether oxygens (including phenoxy) is 2. The van der Waals surface area contributed by atoms with Gasteiger partial charge in [0, 0.05) is 49.6 Å². The number of carbonyl (C=O) groups is 2. The molecule has 2 aliphatic heterocycles. The van der Waals surface area contributed by atoms with Gasteiger partial charge in [0.15, 0.2) is 6.29 Å². The maximum absolute atomic E-state index is 12.2. The lowest BCUT2D eigenvalue weighted by atomic mass is 9.65. The average Bonchev–Trinajstić information content (AvgIpc) is 3.15. The second-order valence-corrected chi connectivity index (χ2v) is 13.4. The predicted molar refractivity (Wildman–Crippen MR) is 156 cm³/mol. The Hall–Kier alpha value is -2.78. The summed E-state index contributed by atoms with van der Waals surface area (Å²) in [5, 5.41) is 21.1. The van der Waals surface area contributed by atoms with Gasteiger partial charge in [-0.15, -0.1) is 0 Å². The van der Waals surface area contributed by atoms with Gasteiger partial charge in [-0.25, -0.2) is 0 Å². The van der Waals surface area contributed by atoms with Crippen LogP contribution < -0.4 is 5.32 Å². The minimum Gasteiger partial charge on any atom is -0.481 e. The maximum Gasteiger partial charge on any atom is 0.303 e. The third kappa shape index (κ3) is 7.55. The number of aliphatic carboxylic acids is 1. The van der Waals surface area contributed by atoms with Crippen molar-refractivity contribution < 1.29 is 29.3 Å². The summed E-state index contributed by atoms with van der Waals surface area (Å²) in [5.41, 5.74) is 4.18. The minimum atomic E-state index is -0.901. The number of nitrogens with zero attached hydrogens (tertiary/aromatic N) is 1. The molecule has 41 heavy (non-hydrogen) atoms. The standard InChI is InChI=1S/C33H44N2O6/c1-32(2)16-26-17-33(3,20-32)21-35(26)18-27-15-28(23-9-7-22(19-36)8-10-23)41-31(40-27)24-11-13-25(14-12-24)34-29(37)5-4-6-30(38)39/h7-14,26-28,31,36H,4-6,15-21H2,1-3H3,(H,34,37)(H,38,39)/t26?,27-,28+,31+,33?/m1/s1. The number of amides is 1. The zero-order chi connectivity index (χ0) is 29.2. The fraction of sp³-hybridized carbons (Fsp3) is 0.576. The van der Waals surface area contributed by atoms with E-state index in [1.807, 2.05) is 48.5 Å². The lowest BCUT2D eigenvalue weighted by Crippen LogP contribution is -2.42. The van der Waals surface area contributed by atoms with Crippen LogP contribution in [-0.2, 0) is 25.7 Å². The number of likely N-dealkylation sites (tertiary alicyclic amines) is 1. The fourth-order valence-electron chi connectivity index (χ4n) is 7.43. The van der Waals surface area contributed by atoms with Crippen LogP contribution in [0.1, 0.15) is 94.8 Å². The number of nitrogens with one attached hydrogen (secondary N) is 1. The average molecular weight is 565 g/mol. The van der Waals surface area contributed by atoms with E-state index in [9.17, 15) is 14.7 Å². The molecule has 2 heterocycles. The Morgan fingerprint density at radius 3 is 2.37 bits per heavy atom. The van der Waals surface area contributed by atoms with Crippen LogP contribution in [0.5, 0.6) is 0 Å². The lowest BCUT2D eigenvalue weighted by Gasteiger charge is -2.41. The lowest BCUT2D eigenvalue weighted by molar-refractivity contribution is -0.253. The van der Waals surface area contributed by atoms with E-state index in [1.165, 1.54) is 19.3 Å². The van der Waals surface area contributed by atoms with Crippen LogP contribution in [0.3, 0.4) is 0 Å². The number of hydrogen-bond donors (Lipinski definition) is 3. The van der Waals surface area contributed by atoms with Gasteiger partial charge in [-0.2, -0.15) is 0 Å². The van der Waals surface area contributed by atoms with E-state index < -0.39 is 12.3 Å². The molecule has 8 nitrogen and oxygen atoms in total. The number of aliphatic hydroxyl groups excluding tert-OH is 1. The van der Waals surface area contributed by atoms with Crippen molar-refractivity contribution in [3.05, 3.63) is 65.2 Å². The van der Waals surface area contributed by atoms with Crippen LogP contribution in [-0.4, -0.2) is 52.2 Å². The fourth-order valence-corrected chi connectivity index (χ4v) is 7.43. The van der Waals surface area contributed by atoms with E-state index in [2.05, 4.69) is 31.0 Å². The number of rotatable bonds is 10. The van der Waals surface area contributed by atoms with E-state index in [4.69, 9.17) is 14.6 Å². The first-order valence-electron chi connectivity index (χ1n) is 14.9. The normalized spacial score (nSPS) is 29.3. The van der Waals surface area contributed by atoms with Gasteiger partial charge < -0.3 is 25.0 Å². The highest BCUT2D eigenvalue weighted by Crippen LogP contribution is 2.53. The SMILES string of the molecule is CC1(C)CC2CC(C)(CN2C[C@H]2C[C@@H](c3ccc(CO)cc3)O[C@@H](c3ccc(NC(=O)CCCC(=O)O)cc3)O2)C1. The zero-order valence-corrected chi connectivity index (χ0v) is 24.5. The molecule has 1 amide bonds. The van der Waals surface area contributed by atoms with Gasteiger partial charge in [0.25, 0.3) is 0 Å². The summed E-state index contributed by atoms with van der Waals surface area (Å²) in [6, 6.07) is 16.0. The first-order chi connectivity index (χ1) is 19.5. The van der Waals surface area contributed by atoms with Gasteiger partial charge in [0.1, 0.15) is 0 Å². The summed E-state index contributed by atoms with van der Waals surface area (Å²) in [6.07, 6.45) is 4.21. The molecule has 0 radical (unpaired) electrons. The molecule has 222 valence electrons. The third-order valence-corrected chi connectivity index (χ3v) is 8.84. The summed E-state index contributed by atoms with van der Waals surface area (Å²) in [6.45, 7) is 9.21. The minimum absolute atomic E-state index is 0.00375. The van der Waals surface area contributed by atoms with Gasteiger partial charge in [0.2, 0.25) is 5.91 Å². The van der Waals surface area contributed by atoms with Crippen LogP contribution >= 0.6 is 0 Å². The molecule has 3 fully saturated rings. The van der Waals surface area contributed by atoms with E-state index >= 15 is 0 Å². The van der Waals surface area contributed by atoms with Crippen molar-refractivity contribution in [2.45, 2.75) is 96.9 Å². The molecule has 5 rings (SSSR count). The number of aliphatic hydroxyl groups is 1. The zero-order valence-electron chi connectivity index (χ0n) is 24.5. The number of hydrogen-bond acceptors (Lipinski definition) is 6. The van der Waals surface area contributed by atoms with E-state index in [1.54, 1.807) is 0 Å². The second kappa shape index (κ2) is 12.2. The Labute approximate surface area is 243 Å². The summed E-state index contributed by atoms with van der Waals surface area (Å²) in [4.78, 5) is 25.6. The molecule has 2 unspecified atom stereocenters. The first-order valence-corrected chi connectivity index (χ1v) is 14.9. The van der Waals surface area contributed by atoms with Crippen molar-refractivity contribution in [3.63, 3.8) is 0 Å². The molecule has 0 spiro atoms. The highest BCUT2D eigenvalue weighted by Gasteiger charge is 2.50. The Morgan fingerprint density at radius 2 is 1.68 bits per heavy atom. The van der Waals surface area contributed by atoms with Crippen molar-refractivity contribution >= 4 is 17.6 Å². The largest absolute Gasteiger partial charge is 0.481 e. The quantitative estimate of drug-likeness (QED) is 0.334. The van der Waals surface area contributed by atoms with Crippen LogP contribution in [0.2, 0.25) is 0 Å². The summed E-state index contributed by atoms with van der Waals surface area (Å²) in [5.74, 6) is -1.11. The van der Waals surface area contributed by atoms with Crippen molar-refractivity contribution in [1.29, 1.82) is 0 Å². The molecule has 2 bridgehead atoms. The topological polar surface area (TPSA) is 108 Å².